The van der Waals surface area contributed by atoms with Crippen molar-refractivity contribution in [2.45, 2.75) is 24.8 Å². The maximum atomic E-state index is 13.3. The van der Waals surface area contributed by atoms with E-state index < -0.39 is 11.4 Å². The van der Waals surface area contributed by atoms with Gasteiger partial charge in [0, 0.05) is 0 Å². The average Bonchev–Trinajstić information content (AvgIpc) is 2.79. The summed E-state index contributed by atoms with van der Waals surface area (Å²) in [6, 6.07) is 4.45. The lowest BCUT2D eigenvalue weighted by molar-refractivity contribution is 0.229. The zero-order chi connectivity index (χ0) is 12.8. The molecule has 3 rings (SSSR count). The van der Waals surface area contributed by atoms with Gasteiger partial charge >= 0.3 is 0 Å². The van der Waals surface area contributed by atoms with Crippen molar-refractivity contribution in [2.24, 2.45) is 5.73 Å². The molecule has 1 aliphatic carbocycles. The van der Waals surface area contributed by atoms with Crippen molar-refractivity contribution in [3.63, 3.8) is 0 Å². The first-order chi connectivity index (χ1) is 8.60. The van der Waals surface area contributed by atoms with Crippen molar-refractivity contribution in [3.05, 3.63) is 34.9 Å². The monoisotopic (exact) mass is 303 g/mol. The molecule has 7 heteroatoms. The van der Waals surface area contributed by atoms with Gasteiger partial charge in [-0.05, 0) is 31.4 Å². The third-order valence-electron chi connectivity index (χ3n) is 3.30. The van der Waals surface area contributed by atoms with E-state index in [-0.39, 0.29) is 23.3 Å². The van der Waals surface area contributed by atoms with Gasteiger partial charge < -0.3 is 10.3 Å². The predicted molar refractivity (Wildman–Crippen MR) is 71.7 cm³/mol. The van der Waals surface area contributed by atoms with Crippen LogP contribution in [0.4, 0.5) is 4.39 Å². The molecule has 0 amide bonds. The number of benzene rings is 1. The smallest absolute Gasteiger partial charge is 0.259 e. The second-order valence-electron chi connectivity index (χ2n) is 4.53. The highest BCUT2D eigenvalue weighted by Crippen LogP contribution is 2.38. The standard InChI is InChI=1S/C12H11ClFN3O.ClH/c13-9-7(3-1-4-8(9)14)10-16-11(17-18-10)12(15)5-2-6-12;/h1,3-4H,2,5-6,15H2;1H. The van der Waals surface area contributed by atoms with E-state index in [1.54, 1.807) is 12.1 Å². The first-order valence-electron chi connectivity index (χ1n) is 5.68. The highest BCUT2D eigenvalue weighted by Gasteiger charge is 2.39. The van der Waals surface area contributed by atoms with Gasteiger partial charge in [-0.1, -0.05) is 22.8 Å². The minimum Gasteiger partial charge on any atom is -0.334 e. The molecular formula is C12H12Cl2FN3O. The fraction of sp³-hybridized carbons (Fsp3) is 0.333. The van der Waals surface area contributed by atoms with Crippen LogP contribution in [0.15, 0.2) is 22.7 Å². The number of rotatable bonds is 2. The van der Waals surface area contributed by atoms with Crippen LogP contribution in [0.25, 0.3) is 11.5 Å². The molecule has 0 unspecified atom stereocenters. The summed E-state index contributed by atoms with van der Waals surface area (Å²) in [4.78, 5) is 4.22. The van der Waals surface area contributed by atoms with Crippen LogP contribution in [-0.2, 0) is 5.54 Å². The Kier molecular flexibility index (Phi) is 3.80. The Morgan fingerprint density at radius 3 is 2.74 bits per heavy atom. The summed E-state index contributed by atoms with van der Waals surface area (Å²) < 4.78 is 18.5. The molecule has 0 atom stereocenters. The molecule has 1 aliphatic rings. The van der Waals surface area contributed by atoms with Gasteiger partial charge in [-0.15, -0.1) is 12.4 Å². The molecular weight excluding hydrogens is 292 g/mol. The highest BCUT2D eigenvalue weighted by molar-refractivity contribution is 6.33. The molecule has 0 aliphatic heterocycles. The van der Waals surface area contributed by atoms with Crippen LogP contribution >= 0.6 is 24.0 Å². The van der Waals surface area contributed by atoms with E-state index in [1.165, 1.54) is 6.07 Å². The maximum Gasteiger partial charge on any atom is 0.259 e. The Morgan fingerprint density at radius 1 is 1.37 bits per heavy atom. The molecule has 1 aromatic heterocycles. The van der Waals surface area contributed by atoms with Crippen LogP contribution in [0, 0.1) is 5.82 Å². The summed E-state index contributed by atoms with van der Waals surface area (Å²) in [6.07, 6.45) is 2.73. The van der Waals surface area contributed by atoms with Gasteiger partial charge in [-0.3, -0.25) is 0 Å². The molecule has 2 N–H and O–H groups in total. The van der Waals surface area contributed by atoms with E-state index in [0.29, 0.717) is 11.4 Å². The maximum absolute atomic E-state index is 13.3. The molecule has 0 spiro atoms. The van der Waals surface area contributed by atoms with Gasteiger partial charge in [0.05, 0.1) is 16.1 Å². The number of nitrogens with two attached hydrogens (primary N) is 1. The van der Waals surface area contributed by atoms with Gasteiger partial charge in [0.15, 0.2) is 5.82 Å². The summed E-state index contributed by atoms with van der Waals surface area (Å²) >= 11 is 5.87. The Bertz CT molecular complexity index is 598. The minimum absolute atomic E-state index is 0. The first-order valence-corrected chi connectivity index (χ1v) is 6.05. The zero-order valence-electron chi connectivity index (χ0n) is 9.90. The Morgan fingerprint density at radius 2 is 2.11 bits per heavy atom. The number of nitrogens with zero attached hydrogens (tertiary/aromatic N) is 2. The van der Waals surface area contributed by atoms with Crippen LogP contribution in [-0.4, -0.2) is 10.1 Å². The molecule has 4 nitrogen and oxygen atoms in total. The Labute approximate surface area is 120 Å². The third kappa shape index (κ3) is 2.33. The van der Waals surface area contributed by atoms with Crippen molar-refractivity contribution in [2.75, 3.05) is 0 Å². The molecule has 1 aromatic carbocycles. The molecule has 0 bridgehead atoms. The van der Waals surface area contributed by atoms with Gasteiger partial charge in [0.25, 0.3) is 5.89 Å². The van der Waals surface area contributed by atoms with Crippen molar-refractivity contribution >= 4 is 24.0 Å². The molecule has 1 fully saturated rings. The van der Waals surface area contributed by atoms with Crippen LogP contribution in [0.2, 0.25) is 5.02 Å². The fourth-order valence-corrected chi connectivity index (χ4v) is 2.19. The van der Waals surface area contributed by atoms with Crippen molar-refractivity contribution in [1.82, 2.24) is 10.1 Å². The van der Waals surface area contributed by atoms with Gasteiger partial charge in [-0.2, -0.15) is 4.98 Å². The zero-order valence-corrected chi connectivity index (χ0v) is 11.5. The minimum atomic E-state index is -0.514. The summed E-state index contributed by atoms with van der Waals surface area (Å²) in [7, 11) is 0. The lowest BCUT2D eigenvalue weighted by Crippen LogP contribution is -2.44. The van der Waals surface area contributed by atoms with E-state index in [4.69, 9.17) is 21.9 Å². The van der Waals surface area contributed by atoms with E-state index in [2.05, 4.69) is 10.1 Å². The topological polar surface area (TPSA) is 64.9 Å². The summed E-state index contributed by atoms with van der Waals surface area (Å²) in [5.74, 6) is 0.148. The SMILES string of the molecule is Cl.NC1(c2noc(-c3cccc(F)c3Cl)n2)CCC1. The number of hydrogen-bond acceptors (Lipinski definition) is 4. The Balaban J connectivity index is 0.00000133. The Hall–Kier alpha value is -1.17. The molecule has 1 heterocycles. The predicted octanol–water partition coefficient (Wildman–Crippen LogP) is 3.29. The van der Waals surface area contributed by atoms with Crippen molar-refractivity contribution < 1.29 is 8.91 Å². The number of hydrogen-bond donors (Lipinski definition) is 1. The van der Waals surface area contributed by atoms with Crippen molar-refractivity contribution in [3.8, 4) is 11.5 Å². The average molecular weight is 304 g/mol. The third-order valence-corrected chi connectivity index (χ3v) is 3.68. The molecule has 0 radical (unpaired) electrons. The van der Waals surface area contributed by atoms with Crippen LogP contribution < -0.4 is 5.73 Å². The normalized spacial score (nSPS) is 16.6. The first kappa shape index (κ1) is 14.2. The van der Waals surface area contributed by atoms with E-state index in [0.717, 1.165) is 19.3 Å². The van der Waals surface area contributed by atoms with Crippen LogP contribution in [0.1, 0.15) is 25.1 Å². The largest absolute Gasteiger partial charge is 0.334 e. The molecule has 102 valence electrons. The summed E-state index contributed by atoms with van der Waals surface area (Å²) in [5.41, 5.74) is 5.98. The summed E-state index contributed by atoms with van der Waals surface area (Å²) in [5, 5.41) is 3.84. The quantitative estimate of drug-likeness (QED) is 0.924. The second kappa shape index (κ2) is 5.07. The highest BCUT2D eigenvalue weighted by atomic mass is 35.5. The van der Waals surface area contributed by atoms with E-state index >= 15 is 0 Å². The van der Waals surface area contributed by atoms with Gasteiger partial charge in [0.1, 0.15) is 5.82 Å². The lowest BCUT2D eigenvalue weighted by atomic mass is 9.77. The van der Waals surface area contributed by atoms with E-state index in [9.17, 15) is 4.39 Å². The van der Waals surface area contributed by atoms with Crippen LogP contribution in [0.5, 0.6) is 0 Å². The lowest BCUT2D eigenvalue weighted by Gasteiger charge is -2.34. The molecule has 1 saturated carbocycles. The fourth-order valence-electron chi connectivity index (χ4n) is 1.99. The summed E-state index contributed by atoms with van der Waals surface area (Å²) in [6.45, 7) is 0. The van der Waals surface area contributed by atoms with E-state index in [1.807, 2.05) is 0 Å². The van der Waals surface area contributed by atoms with Gasteiger partial charge in [-0.25, -0.2) is 4.39 Å². The number of halogens is 3. The number of aromatic nitrogens is 2. The molecule has 0 saturated heterocycles. The van der Waals surface area contributed by atoms with Gasteiger partial charge in [0.2, 0.25) is 0 Å². The molecule has 19 heavy (non-hydrogen) atoms. The van der Waals surface area contributed by atoms with Crippen molar-refractivity contribution in [1.29, 1.82) is 0 Å². The van der Waals surface area contributed by atoms with Crippen LogP contribution in [0.3, 0.4) is 0 Å². The molecule has 2 aromatic rings. The second-order valence-corrected chi connectivity index (χ2v) is 4.91.